The lowest BCUT2D eigenvalue weighted by Gasteiger charge is -2.33. The molecule has 1 fully saturated rings. The summed E-state index contributed by atoms with van der Waals surface area (Å²) in [7, 11) is 0. The highest BCUT2D eigenvalue weighted by molar-refractivity contribution is 5.72. The van der Waals surface area contributed by atoms with Gasteiger partial charge in [-0.15, -0.1) is 0 Å². The Balaban J connectivity index is 2.28. The maximum atomic E-state index is 11.1. The first-order chi connectivity index (χ1) is 8.61. The number of hydrogen-bond acceptors (Lipinski definition) is 3. The van der Waals surface area contributed by atoms with Crippen LogP contribution in [0.2, 0.25) is 0 Å². The molecule has 1 unspecified atom stereocenters. The summed E-state index contributed by atoms with van der Waals surface area (Å²) in [6.45, 7) is 3.29. The van der Waals surface area contributed by atoms with Crippen molar-refractivity contribution in [2.45, 2.75) is 19.8 Å². The van der Waals surface area contributed by atoms with E-state index in [2.05, 4.69) is 6.07 Å². The van der Waals surface area contributed by atoms with Gasteiger partial charge in [-0.3, -0.25) is 4.79 Å². The molecule has 18 heavy (non-hydrogen) atoms. The monoisotopic (exact) mass is 244 g/mol. The number of nitrogens with zero attached hydrogens (tertiary/aromatic N) is 2. The van der Waals surface area contributed by atoms with Gasteiger partial charge >= 0.3 is 5.97 Å². The Bertz CT molecular complexity index is 505. The van der Waals surface area contributed by atoms with E-state index in [1.165, 1.54) is 0 Å². The second kappa shape index (κ2) is 5.09. The van der Waals surface area contributed by atoms with Crippen molar-refractivity contribution in [1.82, 2.24) is 0 Å². The molecule has 1 saturated heterocycles. The molecular formula is C14H16N2O2. The van der Waals surface area contributed by atoms with Crippen LogP contribution >= 0.6 is 0 Å². The van der Waals surface area contributed by atoms with Gasteiger partial charge in [0.05, 0.1) is 17.2 Å². The quantitative estimate of drug-likeness (QED) is 0.866. The second-order valence-electron chi connectivity index (χ2n) is 4.76. The Hall–Kier alpha value is -2.02. The van der Waals surface area contributed by atoms with E-state index >= 15 is 0 Å². The molecule has 2 rings (SSSR count). The summed E-state index contributed by atoms with van der Waals surface area (Å²) < 4.78 is 0. The predicted octanol–water partition coefficient (Wildman–Crippen LogP) is 2.17. The van der Waals surface area contributed by atoms with E-state index in [0.29, 0.717) is 12.1 Å². The van der Waals surface area contributed by atoms with Crippen LogP contribution in [0.5, 0.6) is 0 Å². The van der Waals surface area contributed by atoms with Crippen LogP contribution in [-0.4, -0.2) is 24.2 Å². The number of aliphatic carboxylic acids is 1. The largest absolute Gasteiger partial charge is 0.481 e. The molecule has 1 aromatic rings. The van der Waals surface area contributed by atoms with E-state index < -0.39 is 5.97 Å². The smallest absolute Gasteiger partial charge is 0.308 e. The summed E-state index contributed by atoms with van der Waals surface area (Å²) in [5.41, 5.74) is 2.57. The number of nitriles is 1. The topological polar surface area (TPSA) is 64.3 Å². The van der Waals surface area contributed by atoms with Gasteiger partial charge in [0.15, 0.2) is 0 Å². The van der Waals surface area contributed by atoms with Crippen molar-refractivity contribution < 1.29 is 9.90 Å². The molecule has 1 N–H and O–H groups in total. The van der Waals surface area contributed by atoms with Crippen LogP contribution in [0.3, 0.4) is 0 Å². The second-order valence-corrected chi connectivity index (χ2v) is 4.76. The number of hydrogen-bond donors (Lipinski definition) is 1. The van der Waals surface area contributed by atoms with Crippen molar-refractivity contribution in [3.63, 3.8) is 0 Å². The van der Waals surface area contributed by atoms with Crippen molar-refractivity contribution in [2.24, 2.45) is 5.92 Å². The van der Waals surface area contributed by atoms with Gasteiger partial charge in [-0.25, -0.2) is 0 Å². The molecule has 0 spiro atoms. The lowest BCUT2D eigenvalue weighted by atomic mass is 9.97. The molecule has 0 radical (unpaired) electrons. The first kappa shape index (κ1) is 12.4. The van der Waals surface area contributed by atoms with Gasteiger partial charge in [-0.2, -0.15) is 5.26 Å². The Morgan fingerprint density at radius 1 is 1.56 bits per heavy atom. The first-order valence-electron chi connectivity index (χ1n) is 6.10. The molecule has 0 bridgehead atoms. The van der Waals surface area contributed by atoms with Gasteiger partial charge in [-0.1, -0.05) is 6.07 Å². The molecule has 0 amide bonds. The molecule has 1 aliphatic rings. The summed E-state index contributed by atoms with van der Waals surface area (Å²) in [6, 6.07) is 7.84. The number of carboxylic acid groups (broad SMARTS) is 1. The normalized spacial score (nSPS) is 19.3. The third kappa shape index (κ3) is 2.45. The van der Waals surface area contributed by atoms with Crippen LogP contribution in [0.25, 0.3) is 0 Å². The van der Waals surface area contributed by atoms with E-state index in [1.54, 1.807) is 6.07 Å². The molecular weight excluding hydrogens is 228 g/mol. The summed E-state index contributed by atoms with van der Waals surface area (Å²) in [5.74, 6) is -1.07. The number of carboxylic acids is 1. The van der Waals surface area contributed by atoms with Crippen LogP contribution in [0, 0.1) is 24.2 Å². The summed E-state index contributed by atoms with van der Waals surface area (Å²) in [5, 5.41) is 18.2. The number of rotatable bonds is 2. The molecule has 0 saturated carbocycles. The van der Waals surface area contributed by atoms with E-state index in [-0.39, 0.29) is 5.92 Å². The van der Waals surface area contributed by atoms with Crippen LogP contribution in [-0.2, 0) is 4.79 Å². The van der Waals surface area contributed by atoms with Gasteiger partial charge in [-0.05, 0) is 37.5 Å². The zero-order valence-electron chi connectivity index (χ0n) is 10.4. The zero-order chi connectivity index (χ0) is 13.1. The standard InChI is InChI=1S/C14H16N2O2/c1-10-4-5-11(8-15)13(7-10)16-6-2-3-12(9-16)14(17)18/h4-5,7,12H,2-3,6,9H2,1H3,(H,17,18). The van der Waals surface area contributed by atoms with E-state index in [9.17, 15) is 4.79 Å². The van der Waals surface area contributed by atoms with Crippen molar-refractivity contribution in [3.05, 3.63) is 29.3 Å². The lowest BCUT2D eigenvalue weighted by Crippen LogP contribution is -2.39. The molecule has 1 aromatic carbocycles. The maximum Gasteiger partial charge on any atom is 0.308 e. The minimum atomic E-state index is -0.745. The molecule has 4 nitrogen and oxygen atoms in total. The van der Waals surface area contributed by atoms with Crippen LogP contribution < -0.4 is 4.90 Å². The van der Waals surface area contributed by atoms with Gasteiger partial charge in [0.2, 0.25) is 0 Å². The SMILES string of the molecule is Cc1ccc(C#N)c(N2CCCC(C(=O)O)C2)c1. The van der Waals surface area contributed by atoms with E-state index in [4.69, 9.17) is 10.4 Å². The third-order valence-electron chi connectivity index (χ3n) is 3.39. The molecule has 1 aliphatic heterocycles. The van der Waals surface area contributed by atoms with Crippen molar-refractivity contribution in [3.8, 4) is 6.07 Å². The Morgan fingerprint density at radius 3 is 3.00 bits per heavy atom. The van der Waals surface area contributed by atoms with Gasteiger partial charge in [0, 0.05) is 13.1 Å². The van der Waals surface area contributed by atoms with Crippen molar-refractivity contribution >= 4 is 11.7 Å². The number of carbonyl (C=O) groups is 1. The minimum Gasteiger partial charge on any atom is -0.481 e. The molecule has 1 atom stereocenters. The predicted molar refractivity (Wildman–Crippen MR) is 68.5 cm³/mol. The fourth-order valence-corrected chi connectivity index (χ4v) is 2.40. The van der Waals surface area contributed by atoms with Gasteiger partial charge in [0.1, 0.15) is 6.07 Å². The minimum absolute atomic E-state index is 0.328. The summed E-state index contributed by atoms with van der Waals surface area (Å²) in [6.07, 6.45) is 1.58. The number of benzene rings is 1. The van der Waals surface area contributed by atoms with Gasteiger partial charge in [0.25, 0.3) is 0 Å². The Labute approximate surface area is 106 Å². The molecule has 94 valence electrons. The van der Waals surface area contributed by atoms with Crippen LogP contribution in [0.1, 0.15) is 24.0 Å². The van der Waals surface area contributed by atoms with Gasteiger partial charge < -0.3 is 10.0 Å². The first-order valence-corrected chi connectivity index (χ1v) is 6.10. The zero-order valence-corrected chi connectivity index (χ0v) is 10.4. The molecule has 4 heteroatoms. The maximum absolute atomic E-state index is 11.1. The van der Waals surface area contributed by atoms with E-state index in [1.807, 2.05) is 24.0 Å². The molecule has 0 aromatic heterocycles. The Kier molecular flexibility index (Phi) is 3.52. The van der Waals surface area contributed by atoms with E-state index in [0.717, 1.165) is 30.6 Å². The Morgan fingerprint density at radius 2 is 2.33 bits per heavy atom. The van der Waals surface area contributed by atoms with Crippen molar-refractivity contribution in [2.75, 3.05) is 18.0 Å². The lowest BCUT2D eigenvalue weighted by molar-refractivity contribution is -0.141. The number of aryl methyl sites for hydroxylation is 1. The fourth-order valence-electron chi connectivity index (χ4n) is 2.40. The van der Waals surface area contributed by atoms with Crippen LogP contribution in [0.4, 0.5) is 5.69 Å². The highest BCUT2D eigenvalue weighted by Crippen LogP contribution is 2.27. The highest BCUT2D eigenvalue weighted by Gasteiger charge is 2.26. The third-order valence-corrected chi connectivity index (χ3v) is 3.39. The van der Waals surface area contributed by atoms with Crippen molar-refractivity contribution in [1.29, 1.82) is 5.26 Å². The highest BCUT2D eigenvalue weighted by atomic mass is 16.4. The molecule has 0 aliphatic carbocycles. The fraction of sp³-hybridized carbons (Fsp3) is 0.429. The molecule has 1 heterocycles. The van der Waals surface area contributed by atoms with Crippen LogP contribution in [0.15, 0.2) is 18.2 Å². The number of piperidine rings is 1. The number of anilines is 1. The average Bonchev–Trinajstić information content (AvgIpc) is 2.39. The average molecular weight is 244 g/mol. The summed E-state index contributed by atoms with van der Waals surface area (Å²) >= 11 is 0. The summed E-state index contributed by atoms with van der Waals surface area (Å²) in [4.78, 5) is 13.1.